The molecular weight excluding hydrogens is 500 g/mol. The zero-order chi connectivity index (χ0) is 27.6. The molecule has 0 radical (unpaired) electrons. The number of rotatable bonds is 20. The molecule has 8 nitrogen and oxygen atoms in total. The van der Waals surface area contributed by atoms with Crippen LogP contribution < -0.4 is 10.2 Å². The third-order valence-electron chi connectivity index (χ3n) is 7.52. The van der Waals surface area contributed by atoms with Gasteiger partial charge in [0.05, 0.1) is 18.4 Å². The quantitative estimate of drug-likeness (QED) is 0.171. The lowest BCUT2D eigenvalue weighted by molar-refractivity contribution is 0.0952. The normalized spacial score (nSPS) is 15.5. The molecule has 0 spiro atoms. The van der Waals surface area contributed by atoms with Crippen LogP contribution in [0.4, 0.5) is 5.82 Å². The third-order valence-corrected chi connectivity index (χ3v) is 8.11. The first-order chi connectivity index (χ1) is 18.3. The highest BCUT2D eigenvalue weighted by Gasteiger charge is 2.21. The Bertz CT molecular complexity index is 871. The first-order valence-corrected chi connectivity index (χ1v) is 16.7. The van der Waals surface area contributed by atoms with Gasteiger partial charge in [-0.3, -0.25) is 13.9 Å². The summed E-state index contributed by atoms with van der Waals surface area (Å²) in [5.74, 6) is 0.927. The molecule has 2 rings (SSSR count). The van der Waals surface area contributed by atoms with E-state index >= 15 is 0 Å². The second-order valence-corrected chi connectivity index (χ2v) is 12.4. The van der Waals surface area contributed by atoms with Crippen molar-refractivity contribution in [1.29, 1.82) is 0 Å². The second-order valence-electron chi connectivity index (χ2n) is 10.7. The smallest absolute Gasteiger partial charge is 0.264 e. The lowest BCUT2D eigenvalue weighted by atomic mass is 10.1. The van der Waals surface area contributed by atoms with Gasteiger partial charge in [-0.2, -0.15) is 8.42 Å². The molecule has 1 aliphatic heterocycles. The van der Waals surface area contributed by atoms with E-state index in [2.05, 4.69) is 33.9 Å². The maximum atomic E-state index is 12.5. The molecule has 38 heavy (non-hydrogen) atoms. The van der Waals surface area contributed by atoms with E-state index in [1.165, 1.54) is 51.4 Å². The fourth-order valence-corrected chi connectivity index (χ4v) is 5.29. The fourth-order valence-electron chi connectivity index (χ4n) is 4.87. The predicted molar refractivity (Wildman–Crippen MR) is 156 cm³/mol. The molecule has 1 aliphatic rings. The minimum atomic E-state index is -3.29. The van der Waals surface area contributed by atoms with Gasteiger partial charge in [-0.05, 0) is 38.3 Å². The minimum absolute atomic E-state index is 0.0337. The summed E-state index contributed by atoms with van der Waals surface area (Å²) in [5, 5.41) is 3.04. The molecule has 1 aromatic rings. The van der Waals surface area contributed by atoms with Crippen molar-refractivity contribution in [2.45, 2.75) is 103 Å². The Kier molecular flexibility index (Phi) is 15.9. The Morgan fingerprint density at radius 2 is 1.47 bits per heavy atom. The highest BCUT2D eigenvalue weighted by molar-refractivity contribution is 7.85. The van der Waals surface area contributed by atoms with E-state index < -0.39 is 10.1 Å². The van der Waals surface area contributed by atoms with Gasteiger partial charge in [0.2, 0.25) is 0 Å². The average Bonchev–Trinajstić information content (AvgIpc) is 2.91. The van der Waals surface area contributed by atoms with E-state index in [0.717, 1.165) is 70.4 Å². The van der Waals surface area contributed by atoms with Crippen molar-refractivity contribution in [1.82, 2.24) is 15.2 Å². The number of nitrogens with one attached hydrogen (secondary N) is 1. The van der Waals surface area contributed by atoms with E-state index in [-0.39, 0.29) is 5.91 Å². The number of unbranched alkanes of at least 4 members (excludes halogenated alkanes) is 11. The second kappa shape index (κ2) is 18.6. The molecule has 1 amide bonds. The first-order valence-electron chi connectivity index (χ1n) is 14.9. The number of carbonyl (C=O) groups is 1. The molecule has 0 aromatic carbocycles. The molecule has 218 valence electrons. The monoisotopic (exact) mass is 552 g/mol. The van der Waals surface area contributed by atoms with Gasteiger partial charge in [-0.15, -0.1) is 0 Å². The van der Waals surface area contributed by atoms with E-state index in [0.29, 0.717) is 24.8 Å². The molecule has 1 saturated heterocycles. The number of hydrogen-bond donors (Lipinski definition) is 1. The zero-order valence-corrected chi connectivity index (χ0v) is 24.9. The van der Waals surface area contributed by atoms with Crippen molar-refractivity contribution in [2.24, 2.45) is 0 Å². The number of carbonyl (C=O) groups excluding carboxylic acids is 1. The number of anilines is 1. The molecule has 0 aliphatic carbocycles. The molecule has 0 saturated carbocycles. The Labute approximate surface area is 232 Å². The molecule has 0 bridgehead atoms. The van der Waals surface area contributed by atoms with Gasteiger partial charge in [0, 0.05) is 45.0 Å². The maximum absolute atomic E-state index is 12.5. The van der Waals surface area contributed by atoms with E-state index in [4.69, 9.17) is 4.18 Å². The van der Waals surface area contributed by atoms with Gasteiger partial charge in [0.15, 0.2) is 0 Å². The van der Waals surface area contributed by atoms with Gasteiger partial charge in [0.25, 0.3) is 16.0 Å². The van der Waals surface area contributed by atoms with Gasteiger partial charge in [-0.25, -0.2) is 4.98 Å². The number of pyridine rings is 1. The van der Waals surface area contributed by atoms with Crippen molar-refractivity contribution in [2.75, 3.05) is 50.5 Å². The minimum Gasteiger partial charge on any atom is -0.354 e. The van der Waals surface area contributed by atoms with Gasteiger partial charge in [-0.1, -0.05) is 71.1 Å². The predicted octanol–water partition coefficient (Wildman–Crippen LogP) is 5.39. The molecule has 1 atom stereocenters. The average molecular weight is 553 g/mol. The number of piperazine rings is 1. The zero-order valence-electron chi connectivity index (χ0n) is 24.1. The van der Waals surface area contributed by atoms with E-state index in [9.17, 15) is 13.2 Å². The van der Waals surface area contributed by atoms with Gasteiger partial charge in [0.1, 0.15) is 5.82 Å². The van der Waals surface area contributed by atoms with Crippen LogP contribution in [-0.4, -0.2) is 75.8 Å². The van der Waals surface area contributed by atoms with Crippen molar-refractivity contribution < 1.29 is 17.4 Å². The number of amides is 1. The Morgan fingerprint density at radius 1 is 0.921 bits per heavy atom. The van der Waals surface area contributed by atoms with Crippen LogP contribution in [0.3, 0.4) is 0 Å². The summed E-state index contributed by atoms with van der Waals surface area (Å²) in [6.07, 6.45) is 17.9. The topological polar surface area (TPSA) is 91.8 Å². The highest BCUT2D eigenvalue weighted by Crippen LogP contribution is 2.16. The number of aromatic nitrogens is 1. The summed E-state index contributed by atoms with van der Waals surface area (Å²) in [4.78, 5) is 21.9. The number of hydrogen-bond acceptors (Lipinski definition) is 7. The Balaban J connectivity index is 1.42. The summed E-state index contributed by atoms with van der Waals surface area (Å²) < 4.78 is 26.5. The first kappa shape index (κ1) is 32.5. The van der Waals surface area contributed by atoms with Crippen LogP contribution in [0, 0.1) is 0 Å². The van der Waals surface area contributed by atoms with E-state index in [1.54, 1.807) is 6.20 Å². The van der Waals surface area contributed by atoms with Crippen LogP contribution in [0.2, 0.25) is 0 Å². The fraction of sp³-hybridized carbons (Fsp3) is 0.793. The Hall–Kier alpha value is -1.71. The van der Waals surface area contributed by atoms with Crippen LogP contribution in [0.5, 0.6) is 0 Å². The van der Waals surface area contributed by atoms with Crippen molar-refractivity contribution in [3.05, 3.63) is 23.9 Å². The summed E-state index contributed by atoms with van der Waals surface area (Å²) >= 11 is 0. The largest absolute Gasteiger partial charge is 0.354 e. The van der Waals surface area contributed by atoms with Gasteiger partial charge < -0.3 is 10.2 Å². The molecule has 2 heterocycles. The SMILES string of the molecule is CCC(C)N1CCN(c2ccc(C(=O)NCCCCCCCCCCCCCCOS(C)(=O)=O)cn2)CC1. The third kappa shape index (κ3) is 13.9. The molecule has 1 N–H and O–H groups in total. The summed E-state index contributed by atoms with van der Waals surface area (Å²) in [5.41, 5.74) is 0.634. The van der Waals surface area contributed by atoms with Crippen LogP contribution >= 0.6 is 0 Å². The highest BCUT2D eigenvalue weighted by atomic mass is 32.2. The van der Waals surface area contributed by atoms with Crippen LogP contribution in [0.15, 0.2) is 18.3 Å². The van der Waals surface area contributed by atoms with Crippen LogP contribution in [0.1, 0.15) is 108 Å². The molecule has 9 heteroatoms. The van der Waals surface area contributed by atoms with Crippen molar-refractivity contribution in [3.8, 4) is 0 Å². The molecular formula is C29H52N4O4S. The maximum Gasteiger partial charge on any atom is 0.264 e. The molecule has 1 aromatic heterocycles. The summed E-state index contributed by atoms with van der Waals surface area (Å²) in [6.45, 7) is 9.65. The summed E-state index contributed by atoms with van der Waals surface area (Å²) in [6, 6.07) is 4.50. The van der Waals surface area contributed by atoms with Gasteiger partial charge >= 0.3 is 0 Å². The summed E-state index contributed by atoms with van der Waals surface area (Å²) in [7, 11) is -3.29. The standard InChI is InChI=1S/C29H52N4O4S/c1-4-26(2)32-20-22-33(23-21-32)28-18-17-27(25-31-28)29(34)30-19-15-13-11-9-7-5-6-8-10-12-14-16-24-37-38(3,35)36/h17-18,25-26H,4-16,19-24H2,1-3H3,(H,30,34). The molecule has 1 unspecified atom stereocenters. The lowest BCUT2D eigenvalue weighted by Gasteiger charge is -2.38. The number of nitrogens with zero attached hydrogens (tertiary/aromatic N) is 3. The van der Waals surface area contributed by atoms with Crippen LogP contribution in [-0.2, 0) is 14.3 Å². The van der Waals surface area contributed by atoms with Crippen molar-refractivity contribution >= 4 is 21.8 Å². The van der Waals surface area contributed by atoms with E-state index in [1.807, 2.05) is 12.1 Å². The van der Waals surface area contributed by atoms with Crippen LogP contribution in [0.25, 0.3) is 0 Å². The Morgan fingerprint density at radius 3 is 1.97 bits per heavy atom. The van der Waals surface area contributed by atoms with Crippen molar-refractivity contribution in [3.63, 3.8) is 0 Å². The lowest BCUT2D eigenvalue weighted by Crippen LogP contribution is -2.49. The molecule has 1 fully saturated rings.